The number of nitrogens with one attached hydrogen (secondary N) is 1. The Balaban J connectivity index is 1.90. The first-order valence-corrected chi connectivity index (χ1v) is 7.30. The Morgan fingerprint density at radius 2 is 2.14 bits per heavy atom. The van der Waals surface area contributed by atoms with E-state index in [4.69, 9.17) is 5.11 Å². The Hall–Kier alpha value is -2.04. The van der Waals surface area contributed by atoms with Crippen LogP contribution in [0.2, 0.25) is 0 Å². The van der Waals surface area contributed by atoms with Gasteiger partial charge in [0, 0.05) is 25.2 Å². The van der Waals surface area contributed by atoms with Crippen molar-refractivity contribution in [3.05, 3.63) is 29.3 Å². The van der Waals surface area contributed by atoms with Gasteiger partial charge >= 0.3 is 12.0 Å². The average Bonchev–Trinajstić information content (AvgIpc) is 2.89. The topological polar surface area (TPSA) is 69.6 Å². The van der Waals surface area contributed by atoms with E-state index in [1.807, 2.05) is 32.0 Å². The van der Waals surface area contributed by atoms with E-state index in [1.54, 1.807) is 4.90 Å². The summed E-state index contributed by atoms with van der Waals surface area (Å²) in [5.41, 5.74) is 2.99. The van der Waals surface area contributed by atoms with Crippen molar-refractivity contribution in [1.29, 1.82) is 0 Å². The van der Waals surface area contributed by atoms with Gasteiger partial charge in [0.2, 0.25) is 0 Å². The van der Waals surface area contributed by atoms with E-state index in [0.29, 0.717) is 25.4 Å². The summed E-state index contributed by atoms with van der Waals surface area (Å²) in [6.45, 7) is 5.30. The number of benzene rings is 1. The maximum atomic E-state index is 12.3. The van der Waals surface area contributed by atoms with Crippen molar-refractivity contribution in [2.45, 2.75) is 33.1 Å². The highest BCUT2D eigenvalue weighted by Crippen LogP contribution is 2.23. The van der Waals surface area contributed by atoms with E-state index < -0.39 is 5.97 Å². The van der Waals surface area contributed by atoms with Crippen LogP contribution in [0.1, 0.15) is 30.4 Å². The van der Waals surface area contributed by atoms with Gasteiger partial charge in [0.25, 0.3) is 0 Å². The minimum absolute atomic E-state index is 0.0958. The number of hydrogen-bond donors (Lipinski definition) is 2. The van der Waals surface area contributed by atoms with Gasteiger partial charge in [0.15, 0.2) is 0 Å². The highest BCUT2D eigenvalue weighted by Gasteiger charge is 2.26. The van der Waals surface area contributed by atoms with Gasteiger partial charge in [-0.1, -0.05) is 12.1 Å². The monoisotopic (exact) mass is 290 g/mol. The molecule has 1 saturated heterocycles. The third-order valence-electron chi connectivity index (χ3n) is 3.97. The summed E-state index contributed by atoms with van der Waals surface area (Å²) in [4.78, 5) is 24.6. The number of urea groups is 1. The maximum absolute atomic E-state index is 12.3. The standard InChI is InChI=1S/C16H22N2O3/c1-11-3-4-12(2)14(9-11)17-16(21)18-8-7-13(10-18)5-6-15(19)20/h3-4,9,13H,5-8,10H2,1-2H3,(H,17,21)(H,19,20). The molecular formula is C16H22N2O3. The molecule has 0 radical (unpaired) electrons. The summed E-state index contributed by atoms with van der Waals surface area (Å²) in [7, 11) is 0. The van der Waals surface area contributed by atoms with Crippen molar-refractivity contribution in [2.75, 3.05) is 18.4 Å². The largest absolute Gasteiger partial charge is 0.481 e. The Kier molecular flexibility index (Phi) is 4.83. The van der Waals surface area contributed by atoms with Gasteiger partial charge in [-0.05, 0) is 49.8 Å². The lowest BCUT2D eigenvalue weighted by Crippen LogP contribution is -2.33. The third-order valence-corrected chi connectivity index (χ3v) is 3.97. The van der Waals surface area contributed by atoms with Crippen molar-refractivity contribution in [1.82, 2.24) is 4.90 Å². The lowest BCUT2D eigenvalue weighted by Gasteiger charge is -2.18. The highest BCUT2D eigenvalue weighted by atomic mass is 16.4. The van der Waals surface area contributed by atoms with E-state index in [0.717, 1.165) is 23.2 Å². The second kappa shape index (κ2) is 6.61. The Morgan fingerprint density at radius 3 is 2.86 bits per heavy atom. The molecule has 0 saturated carbocycles. The smallest absolute Gasteiger partial charge is 0.321 e. The zero-order valence-corrected chi connectivity index (χ0v) is 12.6. The summed E-state index contributed by atoms with van der Waals surface area (Å²) in [5.74, 6) is -0.473. The number of carboxylic acid groups (broad SMARTS) is 1. The predicted molar refractivity (Wildman–Crippen MR) is 81.5 cm³/mol. The number of aliphatic carboxylic acids is 1. The van der Waals surface area contributed by atoms with Gasteiger partial charge in [-0.3, -0.25) is 4.79 Å². The zero-order chi connectivity index (χ0) is 15.4. The van der Waals surface area contributed by atoms with Gasteiger partial charge < -0.3 is 15.3 Å². The van der Waals surface area contributed by atoms with Crippen molar-refractivity contribution in [3.8, 4) is 0 Å². The lowest BCUT2D eigenvalue weighted by atomic mass is 10.0. The number of nitrogens with zero attached hydrogens (tertiary/aromatic N) is 1. The first-order chi connectivity index (χ1) is 9.95. The summed E-state index contributed by atoms with van der Waals surface area (Å²) in [6, 6.07) is 5.88. The van der Waals surface area contributed by atoms with Crippen molar-refractivity contribution in [2.24, 2.45) is 5.92 Å². The number of carboxylic acids is 1. The van der Waals surface area contributed by atoms with E-state index in [1.165, 1.54) is 0 Å². The van der Waals surface area contributed by atoms with Gasteiger partial charge in [0.1, 0.15) is 0 Å². The third kappa shape index (κ3) is 4.21. The van der Waals surface area contributed by atoms with Crippen molar-refractivity contribution >= 4 is 17.7 Å². The number of hydrogen-bond acceptors (Lipinski definition) is 2. The molecule has 0 aromatic heterocycles. The highest BCUT2D eigenvalue weighted by molar-refractivity contribution is 5.90. The molecule has 1 aliphatic heterocycles. The average molecular weight is 290 g/mol. The van der Waals surface area contributed by atoms with Crippen LogP contribution in [0.3, 0.4) is 0 Å². The van der Waals surface area contributed by atoms with Crippen molar-refractivity contribution < 1.29 is 14.7 Å². The number of anilines is 1. The van der Waals surface area contributed by atoms with E-state index in [2.05, 4.69) is 5.32 Å². The van der Waals surface area contributed by atoms with Crippen LogP contribution in [0.4, 0.5) is 10.5 Å². The molecule has 1 aromatic carbocycles. The molecule has 0 spiro atoms. The van der Waals surface area contributed by atoms with Gasteiger partial charge in [-0.25, -0.2) is 4.79 Å². The molecule has 1 unspecified atom stereocenters. The second-order valence-electron chi connectivity index (χ2n) is 5.78. The Bertz CT molecular complexity index is 542. The molecule has 114 valence electrons. The molecule has 1 heterocycles. The van der Waals surface area contributed by atoms with E-state index >= 15 is 0 Å². The van der Waals surface area contributed by atoms with Crippen LogP contribution in [0, 0.1) is 19.8 Å². The zero-order valence-electron chi connectivity index (χ0n) is 12.6. The summed E-state index contributed by atoms with van der Waals surface area (Å²) in [6.07, 6.45) is 1.70. The quantitative estimate of drug-likeness (QED) is 0.895. The number of amides is 2. The van der Waals surface area contributed by atoms with Crippen molar-refractivity contribution in [3.63, 3.8) is 0 Å². The van der Waals surface area contributed by atoms with Gasteiger partial charge in [-0.2, -0.15) is 0 Å². The van der Waals surface area contributed by atoms with Crippen LogP contribution in [-0.4, -0.2) is 35.1 Å². The second-order valence-corrected chi connectivity index (χ2v) is 5.78. The van der Waals surface area contributed by atoms with Crippen LogP contribution in [0.15, 0.2) is 18.2 Å². The SMILES string of the molecule is Cc1ccc(C)c(NC(=O)N2CCC(CCC(=O)O)C2)c1. The number of carbonyl (C=O) groups excluding carboxylic acids is 1. The number of aryl methyl sites for hydroxylation is 2. The molecule has 0 aliphatic carbocycles. The van der Waals surface area contributed by atoms with Crippen LogP contribution in [0.25, 0.3) is 0 Å². The number of rotatable bonds is 4. The molecule has 2 amide bonds. The molecule has 0 bridgehead atoms. The number of likely N-dealkylation sites (tertiary alicyclic amines) is 1. The number of carbonyl (C=O) groups is 2. The van der Waals surface area contributed by atoms with E-state index in [-0.39, 0.29) is 12.5 Å². The fourth-order valence-corrected chi connectivity index (χ4v) is 2.65. The normalized spacial score (nSPS) is 17.8. The fourth-order valence-electron chi connectivity index (χ4n) is 2.65. The first kappa shape index (κ1) is 15.4. The first-order valence-electron chi connectivity index (χ1n) is 7.30. The molecular weight excluding hydrogens is 268 g/mol. The molecule has 2 N–H and O–H groups in total. The molecule has 1 fully saturated rings. The summed E-state index contributed by atoms with van der Waals surface area (Å²) >= 11 is 0. The fraction of sp³-hybridized carbons (Fsp3) is 0.500. The van der Waals surface area contributed by atoms with Crippen LogP contribution < -0.4 is 5.32 Å². The van der Waals surface area contributed by atoms with Gasteiger partial charge in [-0.15, -0.1) is 0 Å². The molecule has 2 rings (SSSR count). The molecule has 1 aliphatic rings. The molecule has 1 aromatic rings. The molecule has 21 heavy (non-hydrogen) atoms. The molecule has 5 nitrogen and oxygen atoms in total. The Labute approximate surface area is 125 Å². The minimum atomic E-state index is -0.770. The molecule has 5 heteroatoms. The van der Waals surface area contributed by atoms with E-state index in [9.17, 15) is 9.59 Å². The van der Waals surface area contributed by atoms with Crippen LogP contribution >= 0.6 is 0 Å². The summed E-state index contributed by atoms with van der Waals surface area (Å²) in [5, 5.41) is 11.7. The minimum Gasteiger partial charge on any atom is -0.481 e. The van der Waals surface area contributed by atoms with Gasteiger partial charge in [0.05, 0.1) is 0 Å². The van der Waals surface area contributed by atoms with Crippen LogP contribution in [-0.2, 0) is 4.79 Å². The lowest BCUT2D eigenvalue weighted by molar-refractivity contribution is -0.137. The summed E-state index contributed by atoms with van der Waals surface area (Å²) < 4.78 is 0. The molecule has 1 atom stereocenters. The van der Waals surface area contributed by atoms with Crippen LogP contribution in [0.5, 0.6) is 0 Å². The Morgan fingerprint density at radius 1 is 1.38 bits per heavy atom. The predicted octanol–water partition coefficient (Wildman–Crippen LogP) is 3.02. The maximum Gasteiger partial charge on any atom is 0.321 e.